The third kappa shape index (κ3) is 4.54. The number of carbonyl (C=O) groups is 2. The summed E-state index contributed by atoms with van der Waals surface area (Å²) in [5, 5.41) is 0. The van der Waals surface area contributed by atoms with Gasteiger partial charge in [-0.2, -0.15) is 0 Å². The molecule has 1 fully saturated rings. The van der Waals surface area contributed by atoms with Crippen LogP contribution in [-0.4, -0.2) is 41.0 Å². The Kier molecular flexibility index (Phi) is 5.59. The molecule has 0 aliphatic carbocycles. The summed E-state index contributed by atoms with van der Waals surface area (Å²) >= 11 is 0. The zero-order valence-corrected chi connectivity index (χ0v) is 14.4. The predicted molar refractivity (Wildman–Crippen MR) is 88.7 cm³/mol. The van der Waals surface area contributed by atoms with E-state index in [9.17, 15) is 14.0 Å². The molecular formula is C18H25FN2O3. The quantitative estimate of drug-likeness (QED) is 0.854. The van der Waals surface area contributed by atoms with Gasteiger partial charge in [0.1, 0.15) is 17.5 Å². The fourth-order valence-electron chi connectivity index (χ4n) is 2.85. The minimum atomic E-state index is -0.884. The van der Waals surface area contributed by atoms with Crippen LogP contribution in [0, 0.1) is 5.82 Å². The lowest BCUT2D eigenvalue weighted by molar-refractivity contribution is -0.163. The van der Waals surface area contributed by atoms with E-state index in [1.54, 1.807) is 39.0 Å². The Balaban J connectivity index is 2.04. The van der Waals surface area contributed by atoms with Gasteiger partial charge in [-0.1, -0.05) is 18.2 Å². The molecule has 132 valence electrons. The zero-order valence-electron chi connectivity index (χ0n) is 14.4. The average Bonchev–Trinajstić information content (AvgIpc) is 2.96. The Morgan fingerprint density at radius 1 is 1.38 bits per heavy atom. The number of amides is 1. The van der Waals surface area contributed by atoms with Crippen LogP contribution in [0.5, 0.6) is 0 Å². The number of hydrogen-bond donors (Lipinski definition) is 1. The lowest BCUT2D eigenvalue weighted by Gasteiger charge is -2.29. The van der Waals surface area contributed by atoms with Crippen molar-refractivity contribution in [2.75, 3.05) is 6.54 Å². The largest absolute Gasteiger partial charge is 0.458 e. The summed E-state index contributed by atoms with van der Waals surface area (Å²) in [4.78, 5) is 26.4. The number of hydrogen-bond acceptors (Lipinski definition) is 4. The van der Waals surface area contributed by atoms with E-state index in [2.05, 4.69) is 0 Å². The maximum Gasteiger partial charge on any atom is 0.329 e. The number of halogens is 1. The van der Waals surface area contributed by atoms with Gasteiger partial charge in [0.05, 0.1) is 6.04 Å². The SMILES string of the molecule is CC(C)(C)OC(=O)[C@H]1CCCN1C(=O)[C@@H](N)Cc1ccccc1F. The lowest BCUT2D eigenvalue weighted by atomic mass is 10.0. The van der Waals surface area contributed by atoms with E-state index < -0.39 is 23.7 Å². The van der Waals surface area contributed by atoms with Crippen molar-refractivity contribution in [2.24, 2.45) is 5.73 Å². The summed E-state index contributed by atoms with van der Waals surface area (Å²) in [6, 6.07) is 4.75. The van der Waals surface area contributed by atoms with Crippen LogP contribution in [0.25, 0.3) is 0 Å². The van der Waals surface area contributed by atoms with Crippen molar-refractivity contribution in [3.63, 3.8) is 0 Å². The zero-order chi connectivity index (χ0) is 17.9. The van der Waals surface area contributed by atoms with Crippen LogP contribution in [0.4, 0.5) is 4.39 Å². The highest BCUT2D eigenvalue weighted by Crippen LogP contribution is 2.22. The molecule has 5 nitrogen and oxygen atoms in total. The van der Waals surface area contributed by atoms with Gasteiger partial charge in [-0.05, 0) is 51.7 Å². The van der Waals surface area contributed by atoms with Crippen LogP contribution < -0.4 is 5.73 Å². The van der Waals surface area contributed by atoms with E-state index in [0.29, 0.717) is 18.5 Å². The van der Waals surface area contributed by atoms with Crippen molar-refractivity contribution in [3.05, 3.63) is 35.6 Å². The summed E-state index contributed by atoms with van der Waals surface area (Å²) < 4.78 is 19.1. The number of likely N-dealkylation sites (tertiary alicyclic amines) is 1. The average molecular weight is 336 g/mol. The van der Waals surface area contributed by atoms with Crippen molar-refractivity contribution in [1.29, 1.82) is 0 Å². The van der Waals surface area contributed by atoms with E-state index in [4.69, 9.17) is 10.5 Å². The Bertz CT molecular complexity index is 613. The molecule has 0 unspecified atom stereocenters. The van der Waals surface area contributed by atoms with Gasteiger partial charge in [-0.15, -0.1) is 0 Å². The van der Waals surface area contributed by atoms with Crippen molar-refractivity contribution in [3.8, 4) is 0 Å². The van der Waals surface area contributed by atoms with Gasteiger partial charge < -0.3 is 15.4 Å². The van der Waals surface area contributed by atoms with E-state index >= 15 is 0 Å². The van der Waals surface area contributed by atoms with Crippen LogP contribution in [0.2, 0.25) is 0 Å². The number of rotatable bonds is 4. The van der Waals surface area contributed by atoms with Gasteiger partial charge in [0, 0.05) is 6.54 Å². The topological polar surface area (TPSA) is 72.6 Å². The molecule has 6 heteroatoms. The molecule has 1 heterocycles. The summed E-state index contributed by atoms with van der Waals surface area (Å²) in [5.41, 5.74) is 5.76. The maximum absolute atomic E-state index is 13.7. The predicted octanol–water partition coefficient (Wildman–Crippen LogP) is 2.03. The van der Waals surface area contributed by atoms with Gasteiger partial charge in [0.25, 0.3) is 0 Å². The molecule has 1 aliphatic rings. The first-order chi connectivity index (χ1) is 11.2. The Morgan fingerprint density at radius 2 is 2.04 bits per heavy atom. The van der Waals surface area contributed by atoms with Crippen LogP contribution in [0.1, 0.15) is 39.2 Å². The molecule has 0 saturated carbocycles. The van der Waals surface area contributed by atoms with Crippen molar-refractivity contribution < 1.29 is 18.7 Å². The smallest absolute Gasteiger partial charge is 0.329 e. The van der Waals surface area contributed by atoms with Gasteiger partial charge >= 0.3 is 5.97 Å². The van der Waals surface area contributed by atoms with E-state index in [1.807, 2.05) is 0 Å². The Morgan fingerprint density at radius 3 is 2.67 bits per heavy atom. The molecule has 0 aromatic heterocycles. The minimum Gasteiger partial charge on any atom is -0.458 e. The summed E-state index contributed by atoms with van der Waals surface area (Å²) in [7, 11) is 0. The van der Waals surface area contributed by atoms with Gasteiger partial charge in [-0.25, -0.2) is 9.18 Å². The van der Waals surface area contributed by atoms with Crippen LogP contribution >= 0.6 is 0 Å². The number of carbonyl (C=O) groups excluding carboxylic acids is 2. The highest BCUT2D eigenvalue weighted by Gasteiger charge is 2.38. The fraction of sp³-hybridized carbons (Fsp3) is 0.556. The first-order valence-electron chi connectivity index (χ1n) is 8.21. The third-order valence-corrected chi connectivity index (χ3v) is 3.93. The second kappa shape index (κ2) is 7.30. The monoisotopic (exact) mass is 336 g/mol. The number of nitrogens with zero attached hydrogens (tertiary/aromatic N) is 1. The van der Waals surface area contributed by atoms with Crippen LogP contribution in [0.15, 0.2) is 24.3 Å². The highest BCUT2D eigenvalue weighted by molar-refractivity contribution is 5.88. The highest BCUT2D eigenvalue weighted by atomic mass is 19.1. The first kappa shape index (κ1) is 18.4. The standard InChI is InChI=1S/C18H25FN2O3/c1-18(2,3)24-17(23)15-9-6-10-21(15)16(22)14(20)11-12-7-4-5-8-13(12)19/h4-5,7-8,14-15H,6,9-11,20H2,1-3H3/t14-,15+/m0/s1. The number of ether oxygens (including phenoxy) is 1. The number of benzene rings is 1. The van der Waals surface area contributed by atoms with E-state index in [1.165, 1.54) is 11.0 Å². The minimum absolute atomic E-state index is 0.100. The summed E-state index contributed by atoms with van der Waals surface area (Å²) in [6.45, 7) is 5.83. The molecule has 0 radical (unpaired) electrons. The van der Waals surface area contributed by atoms with Crippen molar-refractivity contribution in [2.45, 2.75) is 57.7 Å². The molecule has 1 amide bonds. The van der Waals surface area contributed by atoms with Crippen molar-refractivity contribution >= 4 is 11.9 Å². The molecular weight excluding hydrogens is 311 g/mol. The van der Waals surface area contributed by atoms with Gasteiger partial charge in [0.15, 0.2) is 0 Å². The van der Waals surface area contributed by atoms with Crippen LogP contribution in [-0.2, 0) is 20.7 Å². The molecule has 2 atom stereocenters. The van der Waals surface area contributed by atoms with Gasteiger partial charge in [-0.3, -0.25) is 4.79 Å². The molecule has 1 saturated heterocycles. The normalized spacial score (nSPS) is 19.2. The third-order valence-electron chi connectivity index (χ3n) is 3.93. The molecule has 1 aliphatic heterocycles. The van der Waals surface area contributed by atoms with E-state index in [0.717, 1.165) is 6.42 Å². The Hall–Kier alpha value is -1.95. The molecule has 1 aromatic carbocycles. The maximum atomic E-state index is 13.7. The molecule has 0 bridgehead atoms. The van der Waals surface area contributed by atoms with Gasteiger partial charge in [0.2, 0.25) is 5.91 Å². The number of nitrogens with two attached hydrogens (primary N) is 1. The van der Waals surface area contributed by atoms with Crippen molar-refractivity contribution in [1.82, 2.24) is 4.90 Å². The lowest BCUT2D eigenvalue weighted by Crippen LogP contribution is -2.50. The van der Waals surface area contributed by atoms with E-state index in [-0.39, 0.29) is 18.1 Å². The molecule has 1 aromatic rings. The second-order valence-corrected chi connectivity index (χ2v) is 7.13. The molecule has 24 heavy (non-hydrogen) atoms. The fourth-order valence-corrected chi connectivity index (χ4v) is 2.85. The molecule has 0 spiro atoms. The van der Waals surface area contributed by atoms with Crippen LogP contribution in [0.3, 0.4) is 0 Å². The summed E-state index contributed by atoms with van der Waals surface area (Å²) in [5.74, 6) is -1.14. The Labute approximate surface area is 142 Å². The summed E-state index contributed by atoms with van der Waals surface area (Å²) in [6.07, 6.45) is 1.39. The second-order valence-electron chi connectivity index (χ2n) is 7.13. The molecule has 2 rings (SSSR count). The molecule has 2 N–H and O–H groups in total. The first-order valence-corrected chi connectivity index (χ1v) is 8.21. The number of esters is 1.